The molecule has 3 aliphatic carbocycles. The maximum Gasteiger partial charge on any atom is 0.0725 e. The van der Waals surface area contributed by atoms with Gasteiger partial charge in [0.05, 0.1) is 10.8 Å². The highest BCUT2D eigenvalue weighted by Gasteiger charge is 2.52. The number of hydrogen-bond acceptors (Lipinski definition) is 1. The SMILES string of the molecule is c1ccc(C2(c3cccc(N(c4ccc5c(c4)-c4ccccc4C54c5ccccc5-c5ccccc54)c4ccc5c6ccccc6c6ccccc6c5c4)c3)c3ccccc3-c3ccccc32)cc1. The predicted molar refractivity (Wildman–Crippen MR) is 287 cm³/mol. The van der Waals surface area contributed by atoms with E-state index in [9.17, 15) is 0 Å². The van der Waals surface area contributed by atoms with Crippen LogP contribution in [0.15, 0.2) is 261 Å². The summed E-state index contributed by atoms with van der Waals surface area (Å²) in [5.41, 5.74) is 20.6. The molecule has 0 saturated heterocycles. The Morgan fingerprint density at radius 1 is 0.203 bits per heavy atom. The van der Waals surface area contributed by atoms with Gasteiger partial charge >= 0.3 is 0 Å². The predicted octanol–water partition coefficient (Wildman–Crippen LogP) is 17.3. The zero-order chi connectivity index (χ0) is 45.3. The van der Waals surface area contributed by atoms with Crippen molar-refractivity contribution in [2.24, 2.45) is 0 Å². The summed E-state index contributed by atoms with van der Waals surface area (Å²) in [4.78, 5) is 2.52. The average Bonchev–Trinajstić information content (AvgIpc) is 4.02. The molecule has 320 valence electrons. The first-order chi connectivity index (χ1) is 34.2. The Kier molecular flexibility index (Phi) is 7.98. The molecule has 0 unspecified atom stereocenters. The summed E-state index contributed by atoms with van der Waals surface area (Å²) in [7, 11) is 0. The molecule has 0 aromatic heterocycles. The Balaban J connectivity index is 1.01. The van der Waals surface area contributed by atoms with E-state index in [1.165, 1.54) is 110 Å². The second kappa shape index (κ2) is 14.4. The quantitative estimate of drug-likeness (QED) is 0.156. The zero-order valence-electron chi connectivity index (χ0n) is 37.8. The third kappa shape index (κ3) is 5.04. The van der Waals surface area contributed by atoms with Gasteiger partial charge in [0.25, 0.3) is 0 Å². The summed E-state index contributed by atoms with van der Waals surface area (Å²) in [6.45, 7) is 0. The lowest BCUT2D eigenvalue weighted by Crippen LogP contribution is -2.28. The van der Waals surface area contributed by atoms with Crippen LogP contribution in [0.1, 0.15) is 44.5 Å². The summed E-state index contributed by atoms with van der Waals surface area (Å²) >= 11 is 0. The average molecular weight is 874 g/mol. The van der Waals surface area contributed by atoms with Crippen molar-refractivity contribution in [3.8, 4) is 33.4 Å². The third-order valence-corrected chi connectivity index (χ3v) is 15.9. The van der Waals surface area contributed by atoms with Gasteiger partial charge < -0.3 is 4.90 Å². The van der Waals surface area contributed by atoms with E-state index in [0.29, 0.717) is 0 Å². The highest BCUT2D eigenvalue weighted by atomic mass is 15.1. The molecule has 0 saturated carbocycles. The van der Waals surface area contributed by atoms with Crippen molar-refractivity contribution in [2.45, 2.75) is 10.8 Å². The second-order valence-corrected chi connectivity index (χ2v) is 19.0. The normalized spacial score (nSPS) is 14.0. The lowest BCUT2D eigenvalue weighted by atomic mass is 9.67. The van der Waals surface area contributed by atoms with Crippen LogP contribution >= 0.6 is 0 Å². The molecule has 12 aromatic rings. The highest BCUT2D eigenvalue weighted by molar-refractivity contribution is 6.25. The molecule has 69 heavy (non-hydrogen) atoms. The number of anilines is 3. The molecule has 0 amide bonds. The van der Waals surface area contributed by atoms with Gasteiger partial charge in [-0.3, -0.25) is 0 Å². The second-order valence-electron chi connectivity index (χ2n) is 19.0. The number of nitrogens with zero attached hydrogens (tertiary/aromatic N) is 1. The van der Waals surface area contributed by atoms with Crippen molar-refractivity contribution in [2.75, 3.05) is 4.90 Å². The largest absolute Gasteiger partial charge is 0.310 e. The summed E-state index contributed by atoms with van der Waals surface area (Å²) in [5, 5.41) is 7.58. The standard InChI is InChI=1S/C68H43N/c1-2-19-44(20-3-1)67(61-32-13-8-27-54(61)55-28-9-14-33-62(55)67)45-21-18-22-46(41-45)69(47-37-39-53-51-25-5-4-23-49(51)50-24-6-7-26-52(50)59(53)42-47)48-38-40-66-60(43-48)58-31-12-17-36-65(58)68(66)63-34-15-10-29-56(63)57-30-11-16-35-64(57)68/h1-43H. The van der Waals surface area contributed by atoms with Crippen molar-refractivity contribution in [3.05, 3.63) is 305 Å². The first kappa shape index (κ1) is 38.3. The van der Waals surface area contributed by atoms with Gasteiger partial charge in [0.1, 0.15) is 0 Å². The van der Waals surface area contributed by atoms with Gasteiger partial charge in [0.2, 0.25) is 0 Å². The van der Waals surface area contributed by atoms with Crippen LogP contribution in [0.5, 0.6) is 0 Å². The molecular weight excluding hydrogens is 831 g/mol. The van der Waals surface area contributed by atoms with Crippen molar-refractivity contribution >= 4 is 49.4 Å². The van der Waals surface area contributed by atoms with Crippen molar-refractivity contribution in [1.82, 2.24) is 0 Å². The Bertz CT molecular complexity index is 3980. The zero-order valence-corrected chi connectivity index (χ0v) is 37.8. The van der Waals surface area contributed by atoms with Crippen molar-refractivity contribution in [1.29, 1.82) is 0 Å². The fraction of sp³-hybridized carbons (Fsp3) is 0.0294. The van der Waals surface area contributed by atoms with E-state index < -0.39 is 10.8 Å². The number of hydrogen-bond donors (Lipinski definition) is 0. The summed E-state index contributed by atoms with van der Waals surface area (Å²) in [6, 6.07) is 98.1. The van der Waals surface area contributed by atoms with E-state index in [1.807, 2.05) is 0 Å². The molecule has 1 heteroatoms. The molecule has 3 aliphatic rings. The Morgan fingerprint density at radius 3 is 1.10 bits per heavy atom. The van der Waals surface area contributed by atoms with Crippen LogP contribution in [-0.2, 0) is 10.8 Å². The Morgan fingerprint density at radius 2 is 0.565 bits per heavy atom. The van der Waals surface area contributed by atoms with Crippen molar-refractivity contribution < 1.29 is 0 Å². The fourth-order valence-corrected chi connectivity index (χ4v) is 13.3. The summed E-state index contributed by atoms with van der Waals surface area (Å²) in [5.74, 6) is 0. The molecule has 15 rings (SSSR count). The third-order valence-electron chi connectivity index (χ3n) is 15.9. The molecule has 0 radical (unpaired) electrons. The lowest BCUT2D eigenvalue weighted by Gasteiger charge is -2.35. The smallest absolute Gasteiger partial charge is 0.0725 e. The van der Waals surface area contributed by atoms with Crippen molar-refractivity contribution in [3.63, 3.8) is 0 Å². The minimum Gasteiger partial charge on any atom is -0.310 e. The van der Waals surface area contributed by atoms with E-state index in [-0.39, 0.29) is 0 Å². The van der Waals surface area contributed by atoms with Gasteiger partial charge in [0, 0.05) is 17.1 Å². The van der Waals surface area contributed by atoms with Crippen LogP contribution in [0.3, 0.4) is 0 Å². The first-order valence-corrected chi connectivity index (χ1v) is 24.2. The molecule has 0 bridgehead atoms. The minimum atomic E-state index is -0.541. The van der Waals surface area contributed by atoms with Crippen LogP contribution in [0.25, 0.3) is 65.7 Å². The van der Waals surface area contributed by atoms with Gasteiger partial charge in [0.15, 0.2) is 0 Å². The van der Waals surface area contributed by atoms with E-state index in [1.54, 1.807) is 0 Å². The number of rotatable bonds is 5. The molecule has 0 aliphatic heterocycles. The maximum atomic E-state index is 2.52. The molecule has 0 fully saturated rings. The van der Waals surface area contributed by atoms with E-state index in [2.05, 4.69) is 266 Å². The maximum absolute atomic E-state index is 2.52. The van der Waals surface area contributed by atoms with Gasteiger partial charge in [-0.25, -0.2) is 0 Å². The lowest BCUT2D eigenvalue weighted by molar-refractivity contribution is 0.768. The fourth-order valence-electron chi connectivity index (χ4n) is 13.3. The minimum absolute atomic E-state index is 0.420. The molecular formula is C68H43N. The van der Waals surface area contributed by atoms with E-state index in [0.717, 1.165) is 17.1 Å². The monoisotopic (exact) mass is 873 g/mol. The Labute approximate surface area is 401 Å². The van der Waals surface area contributed by atoms with Gasteiger partial charge in [-0.15, -0.1) is 0 Å². The van der Waals surface area contributed by atoms with Crippen LogP contribution in [0.4, 0.5) is 17.1 Å². The number of benzene rings is 12. The van der Waals surface area contributed by atoms with Gasteiger partial charge in [-0.2, -0.15) is 0 Å². The van der Waals surface area contributed by atoms with E-state index >= 15 is 0 Å². The van der Waals surface area contributed by atoms with Crippen LogP contribution in [0.2, 0.25) is 0 Å². The highest BCUT2D eigenvalue weighted by Crippen LogP contribution is 2.63. The first-order valence-electron chi connectivity index (χ1n) is 24.2. The van der Waals surface area contributed by atoms with Gasteiger partial charge in [-0.05, 0) is 147 Å². The Hall–Kier alpha value is -8.78. The van der Waals surface area contributed by atoms with Crippen LogP contribution in [-0.4, -0.2) is 0 Å². The number of fused-ring (bicyclic) bond motifs is 19. The molecule has 1 nitrogen and oxygen atoms in total. The molecule has 0 N–H and O–H groups in total. The molecule has 0 heterocycles. The van der Waals surface area contributed by atoms with Crippen LogP contribution in [0, 0.1) is 0 Å². The topological polar surface area (TPSA) is 3.24 Å². The van der Waals surface area contributed by atoms with Gasteiger partial charge in [-0.1, -0.05) is 224 Å². The molecule has 1 spiro atoms. The van der Waals surface area contributed by atoms with Crippen LogP contribution < -0.4 is 4.90 Å². The molecule has 12 aromatic carbocycles. The summed E-state index contributed by atoms with van der Waals surface area (Å²) in [6.07, 6.45) is 0. The van der Waals surface area contributed by atoms with E-state index in [4.69, 9.17) is 0 Å². The molecule has 0 atom stereocenters. The summed E-state index contributed by atoms with van der Waals surface area (Å²) < 4.78 is 0.